The van der Waals surface area contributed by atoms with Crippen molar-refractivity contribution in [1.82, 2.24) is 4.57 Å². The molecule has 0 bridgehead atoms. The van der Waals surface area contributed by atoms with E-state index >= 15 is 0 Å². The summed E-state index contributed by atoms with van der Waals surface area (Å²) in [4.78, 5) is 12.8. The van der Waals surface area contributed by atoms with Crippen molar-refractivity contribution >= 4 is 23.2 Å². The Morgan fingerprint density at radius 2 is 1.66 bits per heavy atom. The van der Waals surface area contributed by atoms with E-state index in [4.69, 9.17) is 38.4 Å². The Labute approximate surface area is 196 Å². The number of aromatic nitrogens is 1. The summed E-state index contributed by atoms with van der Waals surface area (Å²) in [5.74, 6) is 8.93. The summed E-state index contributed by atoms with van der Waals surface area (Å²) in [7, 11) is 1.56. The summed E-state index contributed by atoms with van der Waals surface area (Å²) in [6.07, 6.45) is 0. The van der Waals surface area contributed by atoms with Crippen molar-refractivity contribution in [2.24, 2.45) is 17.4 Å². The fourth-order valence-electron chi connectivity index (χ4n) is 3.06. The highest BCUT2D eigenvalue weighted by Crippen LogP contribution is 2.27. The summed E-state index contributed by atoms with van der Waals surface area (Å²) in [6.45, 7) is 2.87. The van der Waals surface area contributed by atoms with Crippen LogP contribution in [0.1, 0.15) is 22.4 Å². The number of methoxy groups -OCH3 is 1. The Morgan fingerprint density at radius 3 is 2.25 bits per heavy atom. The van der Waals surface area contributed by atoms with E-state index in [0.717, 1.165) is 22.4 Å². The Morgan fingerprint density at radius 1 is 1.00 bits per heavy atom. The lowest BCUT2D eigenvalue weighted by Crippen LogP contribution is -2.24. The van der Waals surface area contributed by atoms with Crippen molar-refractivity contribution in [3.05, 3.63) is 91.3 Å². The third-order valence-corrected chi connectivity index (χ3v) is 5.34. The lowest BCUT2D eigenvalue weighted by atomic mass is 10.1. The number of benzene rings is 2. The fraction of sp³-hybridized carbons (Fsp3) is 0.227. The van der Waals surface area contributed by atoms with E-state index in [9.17, 15) is 4.79 Å². The van der Waals surface area contributed by atoms with Crippen LogP contribution < -0.4 is 32.5 Å². The van der Waals surface area contributed by atoms with Crippen LogP contribution in [-0.2, 0) is 19.7 Å². The zero-order chi connectivity index (χ0) is 23.0. The second-order valence-electron chi connectivity index (χ2n) is 6.59. The molecule has 2 aromatic carbocycles. The van der Waals surface area contributed by atoms with Crippen LogP contribution >= 0.6 is 23.2 Å². The first-order chi connectivity index (χ1) is 14.9. The molecule has 0 atom stereocenters. The van der Waals surface area contributed by atoms with Gasteiger partial charge in [0.15, 0.2) is 0 Å². The molecule has 0 unspecified atom stereocenters. The van der Waals surface area contributed by atoms with E-state index in [1.54, 1.807) is 29.9 Å². The molecule has 10 heteroatoms. The number of hydrazine groups is 1. The number of hydrogen-bond donors (Lipinski definition) is 3. The number of rotatable bonds is 7. The molecule has 32 heavy (non-hydrogen) atoms. The van der Waals surface area contributed by atoms with E-state index in [2.05, 4.69) is 11.7 Å². The monoisotopic (exact) mass is 482 g/mol. The molecular weight excluding hydrogens is 455 g/mol. The topological polar surface area (TPSA) is 150 Å². The van der Waals surface area contributed by atoms with Gasteiger partial charge in [-0.05, 0) is 35.7 Å². The van der Waals surface area contributed by atoms with Crippen LogP contribution in [0, 0.1) is 6.92 Å². The van der Waals surface area contributed by atoms with Gasteiger partial charge in [-0.15, -0.1) is 0 Å². The maximum Gasteiger partial charge on any atom is 0.273 e. The van der Waals surface area contributed by atoms with Crippen LogP contribution in [0.25, 0.3) is 0 Å². The van der Waals surface area contributed by atoms with Crippen LogP contribution in [0.5, 0.6) is 11.5 Å². The molecule has 0 spiro atoms. The van der Waals surface area contributed by atoms with E-state index in [0.29, 0.717) is 29.6 Å². The number of ether oxygens (including phenoxy) is 2. The van der Waals surface area contributed by atoms with Gasteiger partial charge in [0.2, 0.25) is 0 Å². The first-order valence-corrected chi connectivity index (χ1v) is 10.2. The van der Waals surface area contributed by atoms with Crippen molar-refractivity contribution in [2.75, 3.05) is 7.11 Å². The van der Waals surface area contributed by atoms with Gasteiger partial charge in [0.25, 0.3) is 5.56 Å². The number of nitrogens with zero attached hydrogens (tertiary/aromatic N) is 1. The number of hydrogen-bond acceptors (Lipinski definition) is 6. The first kappa shape index (κ1) is 27.4. The van der Waals surface area contributed by atoms with Crippen molar-refractivity contribution in [3.63, 3.8) is 0 Å². The third-order valence-electron chi connectivity index (χ3n) is 4.69. The molecule has 3 aromatic rings. The molecule has 8 nitrogen and oxygen atoms in total. The van der Waals surface area contributed by atoms with Gasteiger partial charge < -0.3 is 25.3 Å². The van der Waals surface area contributed by atoms with Gasteiger partial charge in [-0.3, -0.25) is 16.5 Å². The number of pyridine rings is 1. The summed E-state index contributed by atoms with van der Waals surface area (Å²) >= 11 is 12.5. The molecule has 0 radical (unpaired) electrons. The fourth-order valence-corrected chi connectivity index (χ4v) is 3.55. The summed E-state index contributed by atoms with van der Waals surface area (Å²) in [6, 6.07) is 14.9. The zero-order valence-corrected chi connectivity index (χ0v) is 19.4. The molecule has 8 N–H and O–H groups in total. The predicted octanol–water partition coefficient (Wildman–Crippen LogP) is 2.55. The first-order valence-electron chi connectivity index (χ1n) is 9.40. The molecule has 1 heterocycles. The van der Waals surface area contributed by atoms with Gasteiger partial charge in [0, 0.05) is 18.3 Å². The highest BCUT2D eigenvalue weighted by atomic mass is 35.5. The SMILES string of the molecule is COc1ccc(Cn2c(C)cc(OCc3ccccc3CN)c(Cl)c2=O)cc1Cl.NN.O. The Bertz CT molecular complexity index is 1090. The molecule has 1 aromatic heterocycles. The highest BCUT2D eigenvalue weighted by Gasteiger charge is 2.14. The minimum Gasteiger partial charge on any atom is -0.495 e. The molecular formula is C22H28Cl2N4O4. The molecule has 0 saturated heterocycles. The lowest BCUT2D eigenvalue weighted by molar-refractivity contribution is 0.303. The largest absolute Gasteiger partial charge is 0.495 e. The van der Waals surface area contributed by atoms with E-state index in [1.165, 1.54) is 0 Å². The number of aryl methyl sites for hydroxylation is 1. The van der Waals surface area contributed by atoms with Crippen molar-refractivity contribution in [3.8, 4) is 11.5 Å². The average Bonchev–Trinajstić information content (AvgIpc) is 2.79. The molecule has 174 valence electrons. The van der Waals surface area contributed by atoms with Crippen LogP contribution in [0.4, 0.5) is 0 Å². The van der Waals surface area contributed by atoms with Crippen LogP contribution in [0.15, 0.2) is 53.3 Å². The van der Waals surface area contributed by atoms with Gasteiger partial charge in [-0.1, -0.05) is 53.5 Å². The van der Waals surface area contributed by atoms with Gasteiger partial charge in [0.1, 0.15) is 23.1 Å². The van der Waals surface area contributed by atoms with Gasteiger partial charge in [-0.2, -0.15) is 0 Å². The van der Waals surface area contributed by atoms with Crippen molar-refractivity contribution in [2.45, 2.75) is 26.6 Å². The summed E-state index contributed by atoms with van der Waals surface area (Å²) in [5.41, 5.74) is 8.99. The number of nitrogens with two attached hydrogens (primary N) is 3. The van der Waals surface area contributed by atoms with Crippen LogP contribution in [-0.4, -0.2) is 17.2 Å². The van der Waals surface area contributed by atoms with Crippen LogP contribution in [0.2, 0.25) is 10.0 Å². The predicted molar refractivity (Wildman–Crippen MR) is 128 cm³/mol. The van der Waals surface area contributed by atoms with Gasteiger partial charge in [0.05, 0.1) is 18.7 Å². The molecule has 0 saturated carbocycles. The molecule has 3 rings (SSSR count). The van der Waals surface area contributed by atoms with Crippen LogP contribution in [0.3, 0.4) is 0 Å². The maximum atomic E-state index is 12.8. The highest BCUT2D eigenvalue weighted by molar-refractivity contribution is 6.32. The quantitative estimate of drug-likeness (QED) is 0.347. The average molecular weight is 483 g/mol. The third kappa shape index (κ3) is 6.46. The standard InChI is InChI=1S/C22H22Cl2N2O3.H4N2.H2O/c1-14-9-20(29-13-17-6-4-3-5-16(17)11-25)21(24)22(27)26(14)12-15-7-8-19(28-2)18(23)10-15;1-2;/h3-10H,11-13,25H2,1-2H3;1-2H2;1H2. The second-order valence-corrected chi connectivity index (χ2v) is 7.37. The smallest absolute Gasteiger partial charge is 0.273 e. The Balaban J connectivity index is 0.00000166. The van der Waals surface area contributed by atoms with Crippen molar-refractivity contribution < 1.29 is 14.9 Å². The van der Waals surface area contributed by atoms with E-state index < -0.39 is 0 Å². The minimum absolute atomic E-state index is 0. The Hall–Kier alpha value is -2.59. The van der Waals surface area contributed by atoms with E-state index in [-0.39, 0.29) is 22.7 Å². The summed E-state index contributed by atoms with van der Waals surface area (Å²) < 4.78 is 12.6. The van der Waals surface area contributed by atoms with Gasteiger partial charge >= 0.3 is 0 Å². The maximum absolute atomic E-state index is 12.8. The molecule has 0 aliphatic heterocycles. The molecule has 0 fully saturated rings. The van der Waals surface area contributed by atoms with Gasteiger partial charge in [-0.25, -0.2) is 0 Å². The zero-order valence-electron chi connectivity index (χ0n) is 17.9. The molecule has 0 amide bonds. The van der Waals surface area contributed by atoms with Crippen molar-refractivity contribution in [1.29, 1.82) is 0 Å². The summed E-state index contributed by atoms with van der Waals surface area (Å²) in [5, 5.41) is 0.528. The normalized spacial score (nSPS) is 9.97. The molecule has 0 aliphatic rings. The second kappa shape index (κ2) is 13.1. The number of halogens is 2. The lowest BCUT2D eigenvalue weighted by Gasteiger charge is -2.16. The Kier molecular flexibility index (Phi) is 11.2. The van der Waals surface area contributed by atoms with E-state index in [1.807, 2.05) is 37.3 Å². The minimum atomic E-state index is -0.319. The molecule has 0 aliphatic carbocycles.